The third-order valence-corrected chi connectivity index (χ3v) is 2.25. The maximum atomic E-state index is 10.6. The number of hydrogen-bond donors (Lipinski definition) is 1. The van der Waals surface area contributed by atoms with Crippen LogP contribution in [0.3, 0.4) is 0 Å². The van der Waals surface area contributed by atoms with Gasteiger partial charge in [-0.3, -0.25) is 0 Å². The molecule has 0 aromatic rings. The standard InChI is InChI=1S/C7H10O4/c8-6-10-5-3-1-2-4-7(5,9)11-6/h5,9H,1-4H2. The monoisotopic (exact) mass is 158 g/mol. The molecule has 4 nitrogen and oxygen atoms in total. The fourth-order valence-electron chi connectivity index (χ4n) is 1.65. The molecule has 1 aliphatic carbocycles. The number of carbonyl (C=O) groups excluding carboxylic acids is 1. The van der Waals surface area contributed by atoms with Gasteiger partial charge in [0.25, 0.3) is 5.79 Å². The van der Waals surface area contributed by atoms with Crippen LogP contribution in [0.15, 0.2) is 0 Å². The molecule has 1 saturated carbocycles. The molecule has 1 saturated heterocycles. The minimum absolute atomic E-state index is 0.427. The molecule has 0 aromatic carbocycles. The van der Waals surface area contributed by atoms with E-state index in [1.165, 1.54) is 0 Å². The summed E-state index contributed by atoms with van der Waals surface area (Å²) in [5.41, 5.74) is 0. The molecule has 0 bridgehead atoms. The SMILES string of the molecule is O=C1OC2CCCCC2(O)O1. The highest BCUT2D eigenvalue weighted by molar-refractivity contribution is 5.63. The van der Waals surface area contributed by atoms with Gasteiger partial charge in [-0.05, 0) is 19.3 Å². The minimum Gasteiger partial charge on any atom is -0.424 e. The zero-order valence-electron chi connectivity index (χ0n) is 6.08. The van der Waals surface area contributed by atoms with Crippen molar-refractivity contribution in [2.24, 2.45) is 0 Å². The van der Waals surface area contributed by atoms with E-state index in [0.29, 0.717) is 12.8 Å². The van der Waals surface area contributed by atoms with Crippen molar-refractivity contribution in [1.29, 1.82) is 0 Å². The molecule has 4 heteroatoms. The predicted molar refractivity (Wildman–Crippen MR) is 34.8 cm³/mol. The Morgan fingerprint density at radius 3 is 3.09 bits per heavy atom. The van der Waals surface area contributed by atoms with Crippen molar-refractivity contribution in [1.82, 2.24) is 0 Å². The Labute approximate surface area is 64.1 Å². The number of aliphatic hydroxyl groups is 1. The molecule has 2 fully saturated rings. The molecular weight excluding hydrogens is 148 g/mol. The molecule has 0 aromatic heterocycles. The number of hydrogen-bond acceptors (Lipinski definition) is 4. The van der Waals surface area contributed by atoms with Crippen LogP contribution < -0.4 is 0 Å². The second-order valence-electron chi connectivity index (χ2n) is 3.05. The molecule has 1 heterocycles. The third-order valence-electron chi connectivity index (χ3n) is 2.25. The van der Waals surface area contributed by atoms with Gasteiger partial charge in [-0.15, -0.1) is 0 Å². The van der Waals surface area contributed by atoms with Crippen molar-refractivity contribution >= 4 is 6.16 Å². The van der Waals surface area contributed by atoms with E-state index in [1.54, 1.807) is 0 Å². The quantitative estimate of drug-likeness (QED) is 0.529. The summed E-state index contributed by atoms with van der Waals surface area (Å²) >= 11 is 0. The van der Waals surface area contributed by atoms with E-state index < -0.39 is 18.0 Å². The van der Waals surface area contributed by atoms with Gasteiger partial charge in [0.05, 0.1) is 0 Å². The Balaban J connectivity index is 2.17. The van der Waals surface area contributed by atoms with Crippen molar-refractivity contribution in [2.45, 2.75) is 37.6 Å². The molecular formula is C7H10O4. The number of rotatable bonds is 0. The average Bonchev–Trinajstić information content (AvgIpc) is 2.22. The number of carbonyl (C=O) groups is 1. The second kappa shape index (κ2) is 2.11. The molecule has 2 unspecified atom stereocenters. The summed E-state index contributed by atoms with van der Waals surface area (Å²) in [6, 6.07) is 0. The highest BCUT2D eigenvalue weighted by Gasteiger charge is 2.51. The maximum absolute atomic E-state index is 10.6. The zero-order valence-corrected chi connectivity index (χ0v) is 6.08. The predicted octanol–water partition coefficient (Wildman–Crippen LogP) is 0.784. The molecule has 1 aliphatic heterocycles. The smallest absolute Gasteiger partial charge is 0.424 e. The van der Waals surface area contributed by atoms with Crippen molar-refractivity contribution < 1.29 is 19.4 Å². The lowest BCUT2D eigenvalue weighted by molar-refractivity contribution is -0.178. The van der Waals surface area contributed by atoms with E-state index in [4.69, 9.17) is 4.74 Å². The van der Waals surface area contributed by atoms with Crippen molar-refractivity contribution in [2.75, 3.05) is 0 Å². The van der Waals surface area contributed by atoms with E-state index >= 15 is 0 Å². The van der Waals surface area contributed by atoms with Gasteiger partial charge >= 0.3 is 6.16 Å². The van der Waals surface area contributed by atoms with Gasteiger partial charge in [-0.2, -0.15) is 0 Å². The molecule has 2 aliphatic rings. The first-order valence-electron chi connectivity index (χ1n) is 3.83. The lowest BCUT2D eigenvalue weighted by Crippen LogP contribution is -2.42. The van der Waals surface area contributed by atoms with E-state index in [1.807, 2.05) is 0 Å². The topological polar surface area (TPSA) is 55.8 Å². The van der Waals surface area contributed by atoms with Crippen LogP contribution in [0.25, 0.3) is 0 Å². The second-order valence-corrected chi connectivity index (χ2v) is 3.05. The Morgan fingerprint density at radius 1 is 1.55 bits per heavy atom. The van der Waals surface area contributed by atoms with Gasteiger partial charge in [0.1, 0.15) is 0 Å². The van der Waals surface area contributed by atoms with E-state index in [2.05, 4.69) is 4.74 Å². The van der Waals surface area contributed by atoms with Crippen LogP contribution in [-0.4, -0.2) is 23.2 Å². The molecule has 0 spiro atoms. The van der Waals surface area contributed by atoms with Gasteiger partial charge in [-0.25, -0.2) is 4.79 Å². The van der Waals surface area contributed by atoms with Gasteiger partial charge < -0.3 is 14.6 Å². The van der Waals surface area contributed by atoms with Gasteiger partial charge in [-0.1, -0.05) is 0 Å². The summed E-state index contributed by atoms with van der Waals surface area (Å²) < 4.78 is 9.40. The lowest BCUT2D eigenvalue weighted by Gasteiger charge is -2.28. The molecule has 0 amide bonds. The molecule has 0 radical (unpaired) electrons. The van der Waals surface area contributed by atoms with Crippen LogP contribution in [0.4, 0.5) is 4.79 Å². The largest absolute Gasteiger partial charge is 0.511 e. The molecule has 2 atom stereocenters. The van der Waals surface area contributed by atoms with Crippen LogP contribution in [0.1, 0.15) is 25.7 Å². The normalized spacial score (nSPS) is 42.6. The summed E-state index contributed by atoms with van der Waals surface area (Å²) in [7, 11) is 0. The van der Waals surface area contributed by atoms with Crippen LogP contribution >= 0.6 is 0 Å². The molecule has 2 rings (SSSR count). The third kappa shape index (κ3) is 0.976. The summed E-state index contributed by atoms with van der Waals surface area (Å²) in [6.45, 7) is 0. The first-order valence-corrected chi connectivity index (χ1v) is 3.83. The summed E-state index contributed by atoms with van der Waals surface area (Å²) in [5, 5.41) is 9.61. The van der Waals surface area contributed by atoms with Gasteiger partial charge in [0.15, 0.2) is 6.10 Å². The van der Waals surface area contributed by atoms with Crippen LogP contribution in [-0.2, 0) is 9.47 Å². The highest BCUT2D eigenvalue weighted by atomic mass is 16.8. The van der Waals surface area contributed by atoms with Crippen LogP contribution in [0.2, 0.25) is 0 Å². The number of fused-ring (bicyclic) bond motifs is 1. The Bertz CT molecular complexity index is 191. The first kappa shape index (κ1) is 6.91. The fraction of sp³-hybridized carbons (Fsp3) is 0.857. The van der Waals surface area contributed by atoms with Gasteiger partial charge in [0.2, 0.25) is 0 Å². The van der Waals surface area contributed by atoms with Crippen molar-refractivity contribution in [3.05, 3.63) is 0 Å². The van der Waals surface area contributed by atoms with E-state index in [0.717, 1.165) is 12.8 Å². The van der Waals surface area contributed by atoms with Gasteiger partial charge in [0, 0.05) is 6.42 Å². The highest BCUT2D eigenvalue weighted by Crippen LogP contribution is 2.36. The van der Waals surface area contributed by atoms with Crippen molar-refractivity contribution in [3.8, 4) is 0 Å². The molecule has 1 N–H and O–H groups in total. The van der Waals surface area contributed by atoms with E-state index in [-0.39, 0.29) is 0 Å². The minimum atomic E-state index is -1.31. The summed E-state index contributed by atoms with van der Waals surface area (Å²) in [6.07, 6.45) is 1.93. The lowest BCUT2D eigenvalue weighted by atomic mass is 9.92. The zero-order chi connectivity index (χ0) is 7.90. The molecule has 62 valence electrons. The fourth-order valence-corrected chi connectivity index (χ4v) is 1.65. The summed E-state index contributed by atoms with van der Waals surface area (Å²) in [5.74, 6) is -1.31. The number of ether oxygens (including phenoxy) is 2. The van der Waals surface area contributed by atoms with Crippen molar-refractivity contribution in [3.63, 3.8) is 0 Å². The maximum Gasteiger partial charge on any atom is 0.511 e. The Kier molecular flexibility index (Phi) is 1.32. The Hall–Kier alpha value is -0.770. The van der Waals surface area contributed by atoms with E-state index in [9.17, 15) is 9.90 Å². The Morgan fingerprint density at radius 2 is 2.36 bits per heavy atom. The van der Waals surface area contributed by atoms with Crippen LogP contribution in [0, 0.1) is 0 Å². The molecule has 11 heavy (non-hydrogen) atoms. The summed E-state index contributed by atoms with van der Waals surface area (Å²) in [4.78, 5) is 10.6. The first-order chi connectivity index (χ1) is 5.21. The van der Waals surface area contributed by atoms with Crippen LogP contribution in [0.5, 0.6) is 0 Å². The average molecular weight is 158 g/mol.